The fourth-order valence-corrected chi connectivity index (χ4v) is 3.97. The van der Waals surface area contributed by atoms with Crippen LogP contribution >= 0.6 is 11.3 Å². The lowest BCUT2D eigenvalue weighted by Gasteiger charge is -2.41. The van der Waals surface area contributed by atoms with E-state index in [4.69, 9.17) is 5.73 Å². The van der Waals surface area contributed by atoms with Gasteiger partial charge in [0.25, 0.3) is 0 Å². The highest BCUT2D eigenvalue weighted by Crippen LogP contribution is 2.31. The van der Waals surface area contributed by atoms with Crippen molar-refractivity contribution in [1.82, 2.24) is 9.80 Å². The third kappa shape index (κ3) is 3.42. The molecule has 2 atom stereocenters. The number of nitrogens with zero attached hydrogens (tertiary/aromatic N) is 2. The molecular formula is C16H27N3S. The largest absolute Gasteiger partial charge is 0.326 e. The van der Waals surface area contributed by atoms with Crippen LogP contribution < -0.4 is 5.73 Å². The zero-order valence-electron chi connectivity index (χ0n) is 12.5. The van der Waals surface area contributed by atoms with Crippen LogP contribution in [0.3, 0.4) is 0 Å². The van der Waals surface area contributed by atoms with Crippen LogP contribution in [0.2, 0.25) is 0 Å². The van der Waals surface area contributed by atoms with E-state index in [1.54, 1.807) is 11.3 Å². The van der Waals surface area contributed by atoms with Crippen LogP contribution in [0, 0.1) is 5.92 Å². The Morgan fingerprint density at radius 1 is 1.30 bits per heavy atom. The molecule has 0 spiro atoms. The minimum Gasteiger partial charge on any atom is -0.326 e. The van der Waals surface area contributed by atoms with Crippen molar-refractivity contribution < 1.29 is 0 Å². The van der Waals surface area contributed by atoms with Crippen LogP contribution in [-0.2, 0) is 0 Å². The van der Waals surface area contributed by atoms with Gasteiger partial charge in [0.05, 0.1) is 6.04 Å². The van der Waals surface area contributed by atoms with Crippen molar-refractivity contribution in [3.8, 4) is 0 Å². The standard InChI is InChI=1S/C16H27N3S/c1-2-15(17)16(14-5-10-20-12-14)19-8-6-18(7-9-19)11-13-3-4-13/h5,10,12-13,15-16H,2-4,6-9,11,17H2,1H3. The summed E-state index contributed by atoms with van der Waals surface area (Å²) in [6, 6.07) is 2.91. The highest BCUT2D eigenvalue weighted by Gasteiger charge is 2.31. The van der Waals surface area contributed by atoms with Gasteiger partial charge in [-0.05, 0) is 47.6 Å². The normalized spacial score (nSPS) is 24.7. The average molecular weight is 293 g/mol. The van der Waals surface area contributed by atoms with Crippen molar-refractivity contribution in [3.63, 3.8) is 0 Å². The zero-order chi connectivity index (χ0) is 13.9. The van der Waals surface area contributed by atoms with Gasteiger partial charge in [0.1, 0.15) is 0 Å². The molecule has 1 aromatic rings. The maximum Gasteiger partial charge on any atom is 0.0508 e. The second-order valence-corrected chi connectivity index (χ2v) is 7.13. The number of thiophene rings is 1. The maximum atomic E-state index is 6.41. The van der Waals surface area contributed by atoms with Gasteiger partial charge < -0.3 is 10.6 Å². The molecule has 1 aromatic heterocycles. The van der Waals surface area contributed by atoms with E-state index in [1.807, 2.05) is 0 Å². The number of rotatable bonds is 6. The Morgan fingerprint density at radius 3 is 2.60 bits per heavy atom. The summed E-state index contributed by atoms with van der Waals surface area (Å²) in [4.78, 5) is 5.26. The molecule has 2 N–H and O–H groups in total. The molecule has 2 unspecified atom stereocenters. The molecule has 1 saturated carbocycles. The lowest BCUT2D eigenvalue weighted by atomic mass is 9.98. The zero-order valence-corrected chi connectivity index (χ0v) is 13.3. The monoisotopic (exact) mass is 293 g/mol. The van der Waals surface area contributed by atoms with Crippen LogP contribution in [0.15, 0.2) is 16.8 Å². The van der Waals surface area contributed by atoms with Gasteiger partial charge in [-0.25, -0.2) is 0 Å². The predicted octanol–water partition coefficient (Wildman–Crippen LogP) is 2.55. The summed E-state index contributed by atoms with van der Waals surface area (Å²) in [5.74, 6) is 1.01. The molecule has 0 aromatic carbocycles. The first-order valence-corrected chi connectivity index (χ1v) is 8.96. The fourth-order valence-electron chi connectivity index (χ4n) is 3.29. The third-order valence-electron chi connectivity index (χ3n) is 4.78. The van der Waals surface area contributed by atoms with Gasteiger partial charge in [0, 0.05) is 38.8 Å². The first-order valence-electron chi connectivity index (χ1n) is 8.02. The minimum absolute atomic E-state index is 0.250. The van der Waals surface area contributed by atoms with Gasteiger partial charge in [-0.1, -0.05) is 6.92 Å². The molecule has 2 heterocycles. The topological polar surface area (TPSA) is 32.5 Å². The Bertz CT molecular complexity index is 394. The molecular weight excluding hydrogens is 266 g/mol. The molecule has 1 aliphatic heterocycles. The van der Waals surface area contributed by atoms with E-state index in [0.29, 0.717) is 6.04 Å². The highest BCUT2D eigenvalue weighted by molar-refractivity contribution is 7.07. The van der Waals surface area contributed by atoms with Gasteiger partial charge in [0.15, 0.2) is 0 Å². The second kappa shape index (κ2) is 6.56. The lowest BCUT2D eigenvalue weighted by Crippen LogP contribution is -2.51. The molecule has 0 amide bonds. The smallest absolute Gasteiger partial charge is 0.0508 e. The van der Waals surface area contributed by atoms with Gasteiger partial charge in [-0.15, -0.1) is 0 Å². The summed E-state index contributed by atoms with van der Waals surface area (Å²) in [5.41, 5.74) is 7.83. The van der Waals surface area contributed by atoms with E-state index in [2.05, 4.69) is 33.6 Å². The lowest BCUT2D eigenvalue weighted by molar-refractivity contribution is 0.0813. The fraction of sp³-hybridized carbons (Fsp3) is 0.750. The van der Waals surface area contributed by atoms with Crippen LogP contribution in [-0.4, -0.2) is 48.6 Å². The molecule has 1 saturated heterocycles. The Balaban J connectivity index is 1.60. The van der Waals surface area contributed by atoms with E-state index in [0.717, 1.165) is 12.3 Å². The van der Waals surface area contributed by atoms with Crippen LogP contribution in [0.25, 0.3) is 0 Å². The first-order chi connectivity index (χ1) is 9.78. The Morgan fingerprint density at radius 2 is 2.05 bits per heavy atom. The van der Waals surface area contributed by atoms with Crippen molar-refractivity contribution >= 4 is 11.3 Å². The number of piperazine rings is 1. The van der Waals surface area contributed by atoms with Gasteiger partial charge >= 0.3 is 0 Å². The summed E-state index contributed by atoms with van der Waals surface area (Å²) in [6.07, 6.45) is 3.96. The van der Waals surface area contributed by atoms with E-state index in [-0.39, 0.29) is 6.04 Å². The van der Waals surface area contributed by atoms with Crippen LogP contribution in [0.1, 0.15) is 37.8 Å². The molecule has 0 radical (unpaired) electrons. The quantitative estimate of drug-likeness (QED) is 0.875. The van der Waals surface area contributed by atoms with Crippen LogP contribution in [0.4, 0.5) is 0 Å². The molecule has 2 fully saturated rings. The molecule has 2 aliphatic rings. The van der Waals surface area contributed by atoms with Crippen molar-refractivity contribution in [3.05, 3.63) is 22.4 Å². The maximum absolute atomic E-state index is 6.41. The average Bonchev–Trinajstić information content (AvgIpc) is 3.13. The predicted molar refractivity (Wildman–Crippen MR) is 86.1 cm³/mol. The Kier molecular flexibility index (Phi) is 4.76. The molecule has 20 heavy (non-hydrogen) atoms. The van der Waals surface area contributed by atoms with Crippen molar-refractivity contribution in [2.45, 2.75) is 38.3 Å². The van der Waals surface area contributed by atoms with E-state index < -0.39 is 0 Å². The molecule has 0 bridgehead atoms. The second-order valence-electron chi connectivity index (χ2n) is 6.35. The summed E-state index contributed by atoms with van der Waals surface area (Å²) in [5, 5.41) is 4.45. The summed E-state index contributed by atoms with van der Waals surface area (Å²) in [7, 11) is 0. The highest BCUT2D eigenvalue weighted by atomic mass is 32.1. The minimum atomic E-state index is 0.250. The van der Waals surface area contributed by atoms with Crippen molar-refractivity contribution in [2.75, 3.05) is 32.7 Å². The summed E-state index contributed by atoms with van der Waals surface area (Å²) in [6.45, 7) is 8.30. The summed E-state index contributed by atoms with van der Waals surface area (Å²) >= 11 is 1.78. The van der Waals surface area contributed by atoms with Gasteiger partial charge in [0.2, 0.25) is 0 Å². The van der Waals surface area contributed by atoms with E-state index in [1.165, 1.54) is 51.1 Å². The third-order valence-corrected chi connectivity index (χ3v) is 5.48. The molecule has 3 rings (SSSR count). The molecule has 4 heteroatoms. The van der Waals surface area contributed by atoms with Gasteiger partial charge in [-0.2, -0.15) is 11.3 Å². The number of nitrogens with two attached hydrogens (primary N) is 1. The molecule has 1 aliphatic carbocycles. The van der Waals surface area contributed by atoms with Crippen molar-refractivity contribution in [2.24, 2.45) is 11.7 Å². The SMILES string of the molecule is CCC(N)C(c1ccsc1)N1CCN(CC2CC2)CC1. The molecule has 3 nitrogen and oxygen atoms in total. The van der Waals surface area contributed by atoms with E-state index in [9.17, 15) is 0 Å². The molecule has 112 valence electrons. The first kappa shape index (κ1) is 14.5. The number of hydrogen-bond acceptors (Lipinski definition) is 4. The number of hydrogen-bond donors (Lipinski definition) is 1. The Hall–Kier alpha value is -0.420. The van der Waals surface area contributed by atoms with Gasteiger partial charge in [-0.3, -0.25) is 4.90 Å². The van der Waals surface area contributed by atoms with E-state index >= 15 is 0 Å². The van der Waals surface area contributed by atoms with Crippen molar-refractivity contribution in [1.29, 1.82) is 0 Å². The van der Waals surface area contributed by atoms with Crippen LogP contribution in [0.5, 0.6) is 0 Å². The summed E-state index contributed by atoms with van der Waals surface area (Å²) < 4.78 is 0. The Labute approximate surface area is 126 Å².